The van der Waals surface area contributed by atoms with Crippen molar-refractivity contribution in [3.05, 3.63) is 77.0 Å². The lowest BCUT2D eigenvalue weighted by Gasteiger charge is -2.06. The monoisotopic (exact) mass is 404 g/mol. The number of rotatable bonds is 5. The van der Waals surface area contributed by atoms with Crippen LogP contribution in [0.15, 0.2) is 75.1 Å². The number of esters is 1. The Morgan fingerprint density at radius 2 is 1.59 bits per heavy atom. The highest BCUT2D eigenvalue weighted by Crippen LogP contribution is 2.25. The van der Waals surface area contributed by atoms with Crippen LogP contribution in [0, 0.1) is 0 Å². The highest BCUT2D eigenvalue weighted by molar-refractivity contribution is 7.91. The molecule has 1 aromatic heterocycles. The Hall–Kier alpha value is -2.57. The Balaban J connectivity index is 1.78. The number of sulfone groups is 1. The van der Waals surface area contributed by atoms with E-state index in [1.807, 2.05) is 12.1 Å². The number of benzene rings is 2. The quantitative estimate of drug-likeness (QED) is 0.436. The van der Waals surface area contributed by atoms with E-state index < -0.39 is 15.8 Å². The first kappa shape index (κ1) is 19.2. The Morgan fingerprint density at radius 3 is 2.19 bits per heavy atom. The first-order chi connectivity index (χ1) is 12.8. The number of hydrogen-bond acceptors (Lipinski definition) is 5. The zero-order chi connectivity index (χ0) is 19.6. The van der Waals surface area contributed by atoms with E-state index >= 15 is 0 Å². The summed E-state index contributed by atoms with van der Waals surface area (Å²) in [5.41, 5.74) is 1.11. The molecule has 2 aromatic carbocycles. The van der Waals surface area contributed by atoms with Gasteiger partial charge in [-0.05, 0) is 60.0 Å². The molecule has 0 amide bonds. The lowest BCUT2D eigenvalue weighted by Crippen LogP contribution is -2.07. The van der Waals surface area contributed by atoms with Gasteiger partial charge in [-0.2, -0.15) is 0 Å². The van der Waals surface area contributed by atoms with Crippen molar-refractivity contribution in [2.24, 2.45) is 0 Å². The second kappa shape index (κ2) is 7.58. The van der Waals surface area contributed by atoms with Gasteiger partial charge in [0.25, 0.3) is 0 Å². The average molecular weight is 405 g/mol. The fourth-order valence-electron chi connectivity index (χ4n) is 2.38. The normalized spacial score (nSPS) is 11.6. The van der Waals surface area contributed by atoms with Gasteiger partial charge in [0.1, 0.15) is 5.75 Å². The molecule has 0 atom stereocenters. The molecule has 0 unspecified atom stereocenters. The van der Waals surface area contributed by atoms with Crippen molar-refractivity contribution in [1.82, 2.24) is 0 Å². The third-order valence-corrected chi connectivity index (χ3v) is 5.82. The fraction of sp³-hybridized carbons (Fsp3) is 0.150. The van der Waals surface area contributed by atoms with Crippen LogP contribution in [0.3, 0.4) is 0 Å². The maximum atomic E-state index is 12.6. The number of halogens is 1. The van der Waals surface area contributed by atoms with E-state index in [2.05, 4.69) is 13.8 Å². The van der Waals surface area contributed by atoms with Crippen LogP contribution in [-0.4, -0.2) is 14.4 Å². The molecule has 0 spiro atoms. The molecule has 0 fully saturated rings. The van der Waals surface area contributed by atoms with Crippen LogP contribution in [0.25, 0.3) is 0 Å². The highest BCUT2D eigenvalue weighted by Gasteiger charge is 2.24. The minimum absolute atomic E-state index is 0.0189. The van der Waals surface area contributed by atoms with E-state index in [0.29, 0.717) is 16.7 Å². The number of carbonyl (C=O) groups is 1. The van der Waals surface area contributed by atoms with Gasteiger partial charge in [-0.25, -0.2) is 13.2 Å². The summed E-state index contributed by atoms with van der Waals surface area (Å²) in [6.45, 7) is 4.12. The van der Waals surface area contributed by atoms with Crippen LogP contribution >= 0.6 is 11.6 Å². The van der Waals surface area contributed by atoms with Gasteiger partial charge in [-0.1, -0.05) is 37.6 Å². The summed E-state index contributed by atoms with van der Waals surface area (Å²) in [5, 5.41) is 0.0769. The van der Waals surface area contributed by atoms with Crippen LogP contribution in [0.1, 0.15) is 35.9 Å². The maximum Gasteiger partial charge on any atom is 0.379 e. The molecule has 5 nitrogen and oxygen atoms in total. The van der Waals surface area contributed by atoms with Crippen molar-refractivity contribution >= 4 is 27.4 Å². The number of furan rings is 1. The highest BCUT2D eigenvalue weighted by atomic mass is 35.5. The van der Waals surface area contributed by atoms with Gasteiger partial charge in [0.2, 0.25) is 20.7 Å². The summed E-state index contributed by atoms with van der Waals surface area (Å²) in [5.74, 6) is -0.260. The molecule has 0 radical (unpaired) electrons. The van der Waals surface area contributed by atoms with Crippen molar-refractivity contribution < 1.29 is 22.4 Å². The number of ether oxygens (including phenoxy) is 1. The van der Waals surface area contributed by atoms with E-state index in [1.54, 1.807) is 12.1 Å². The first-order valence-corrected chi connectivity index (χ1v) is 10.1. The summed E-state index contributed by atoms with van der Waals surface area (Å²) in [4.78, 5) is 12.2. The van der Waals surface area contributed by atoms with E-state index in [9.17, 15) is 13.2 Å². The minimum atomic E-state index is -3.89. The van der Waals surface area contributed by atoms with Crippen LogP contribution < -0.4 is 4.74 Å². The van der Waals surface area contributed by atoms with Gasteiger partial charge in [0.15, 0.2) is 0 Å². The van der Waals surface area contributed by atoms with Crippen LogP contribution in [0.5, 0.6) is 5.75 Å². The van der Waals surface area contributed by atoms with Crippen LogP contribution in [-0.2, 0) is 9.84 Å². The van der Waals surface area contributed by atoms with Gasteiger partial charge < -0.3 is 9.15 Å². The van der Waals surface area contributed by atoms with E-state index in [1.165, 1.54) is 36.4 Å². The molecule has 3 aromatic rings. The molecule has 0 saturated heterocycles. The van der Waals surface area contributed by atoms with Gasteiger partial charge in [0.05, 0.1) is 4.90 Å². The molecule has 140 valence electrons. The van der Waals surface area contributed by atoms with Crippen molar-refractivity contribution in [2.75, 3.05) is 0 Å². The first-order valence-electron chi connectivity index (χ1n) is 8.20. The fourth-order valence-corrected chi connectivity index (χ4v) is 3.68. The molecular formula is C20H17ClO5S. The summed E-state index contributed by atoms with van der Waals surface area (Å²) in [7, 11) is -3.89. The molecule has 0 aliphatic rings. The lowest BCUT2D eigenvalue weighted by molar-refractivity contribution is 0.0695. The Labute approximate surface area is 162 Å². The van der Waals surface area contributed by atoms with E-state index in [-0.39, 0.29) is 15.7 Å². The minimum Gasteiger partial charge on any atom is -0.437 e. The third kappa shape index (κ3) is 4.23. The lowest BCUT2D eigenvalue weighted by atomic mass is 10.0. The Bertz CT molecular complexity index is 1050. The SMILES string of the molecule is CC(C)c1ccc(OC(=O)c2ccc(S(=O)(=O)c3ccc(Cl)cc3)o2)cc1. The summed E-state index contributed by atoms with van der Waals surface area (Å²) in [6.07, 6.45) is 0. The van der Waals surface area contributed by atoms with E-state index in [4.69, 9.17) is 20.8 Å². The molecule has 7 heteroatoms. The zero-order valence-electron chi connectivity index (χ0n) is 14.7. The summed E-state index contributed by atoms with van der Waals surface area (Å²) in [6, 6.07) is 15.3. The van der Waals surface area contributed by atoms with Gasteiger partial charge in [-0.3, -0.25) is 0 Å². The topological polar surface area (TPSA) is 73.6 Å². The molecule has 1 heterocycles. The summed E-state index contributed by atoms with van der Waals surface area (Å²) < 4.78 is 35.6. The van der Waals surface area contributed by atoms with Crippen molar-refractivity contribution in [2.45, 2.75) is 29.8 Å². The van der Waals surface area contributed by atoms with Gasteiger partial charge in [0, 0.05) is 5.02 Å². The molecule has 0 N–H and O–H groups in total. The molecule has 0 aliphatic carbocycles. The van der Waals surface area contributed by atoms with Crippen LogP contribution in [0.2, 0.25) is 5.02 Å². The molecule has 0 aliphatic heterocycles. The zero-order valence-corrected chi connectivity index (χ0v) is 16.3. The third-order valence-electron chi connectivity index (χ3n) is 3.93. The molecule has 0 bridgehead atoms. The predicted molar refractivity (Wildman–Crippen MR) is 101 cm³/mol. The van der Waals surface area contributed by atoms with Gasteiger partial charge in [-0.15, -0.1) is 0 Å². The van der Waals surface area contributed by atoms with Crippen molar-refractivity contribution in [3.63, 3.8) is 0 Å². The predicted octanol–water partition coefficient (Wildman–Crippen LogP) is 5.11. The Kier molecular flexibility index (Phi) is 5.39. The second-order valence-electron chi connectivity index (χ2n) is 6.19. The van der Waals surface area contributed by atoms with Crippen molar-refractivity contribution in [1.29, 1.82) is 0 Å². The van der Waals surface area contributed by atoms with Crippen molar-refractivity contribution in [3.8, 4) is 5.75 Å². The Morgan fingerprint density at radius 1 is 0.963 bits per heavy atom. The van der Waals surface area contributed by atoms with Crippen LogP contribution in [0.4, 0.5) is 0 Å². The smallest absolute Gasteiger partial charge is 0.379 e. The molecule has 27 heavy (non-hydrogen) atoms. The maximum absolute atomic E-state index is 12.6. The second-order valence-corrected chi connectivity index (χ2v) is 8.51. The van der Waals surface area contributed by atoms with E-state index in [0.717, 1.165) is 5.56 Å². The number of carbonyl (C=O) groups excluding carboxylic acids is 1. The summed E-state index contributed by atoms with van der Waals surface area (Å²) >= 11 is 5.78. The largest absolute Gasteiger partial charge is 0.437 e. The standard InChI is InChI=1S/C20H17ClO5S/c1-13(2)14-3-7-16(8-4-14)25-20(22)18-11-12-19(26-18)27(23,24)17-9-5-15(21)6-10-17/h3-13H,1-2H3. The molecular weight excluding hydrogens is 388 g/mol. The average Bonchev–Trinajstić information content (AvgIpc) is 3.14. The number of hydrogen-bond donors (Lipinski definition) is 0. The molecule has 3 rings (SSSR count). The molecule has 0 saturated carbocycles. The van der Waals surface area contributed by atoms with Gasteiger partial charge >= 0.3 is 5.97 Å².